The topological polar surface area (TPSA) is 102 Å². The fraction of sp³-hybridized carbons (Fsp3) is 0.355. The van der Waals surface area contributed by atoms with Crippen molar-refractivity contribution in [3.8, 4) is 28.7 Å². The molecule has 0 spiro atoms. The van der Waals surface area contributed by atoms with Gasteiger partial charge in [0.25, 0.3) is 0 Å². The minimum absolute atomic E-state index is 0.0261. The van der Waals surface area contributed by atoms with E-state index in [2.05, 4.69) is 26.5 Å². The molecular weight excluding hydrogens is 592 g/mol. The number of imidazole rings is 1. The van der Waals surface area contributed by atoms with Gasteiger partial charge in [0.2, 0.25) is 11.8 Å². The van der Waals surface area contributed by atoms with E-state index in [1.54, 1.807) is 23.2 Å². The van der Waals surface area contributed by atoms with Crippen molar-refractivity contribution in [3.63, 3.8) is 0 Å². The van der Waals surface area contributed by atoms with Gasteiger partial charge in [0, 0.05) is 31.2 Å². The number of anilines is 2. The Balaban J connectivity index is 1.25. The Hall–Kier alpha value is -4.88. The summed E-state index contributed by atoms with van der Waals surface area (Å²) in [6, 6.07) is 4.18. The zero-order valence-corrected chi connectivity index (χ0v) is 24.3. The third-order valence-corrected chi connectivity index (χ3v) is 8.11. The molecule has 1 amide bonds. The first-order valence-corrected chi connectivity index (χ1v) is 14.5. The second-order valence-corrected chi connectivity index (χ2v) is 11.4. The molecule has 7 rings (SSSR count). The van der Waals surface area contributed by atoms with Crippen LogP contribution < -0.4 is 14.5 Å². The SMILES string of the molecule is C=CCN1C(=O)CN(Cc2ccc(-c3nc(C(F)(F)F)cn3C3CC3)c(F)c2)c2nc(-c3c(OC)ncnc3C3CC3)ncc21. The maximum atomic E-state index is 15.6. The maximum Gasteiger partial charge on any atom is 0.434 e. The van der Waals surface area contributed by atoms with Gasteiger partial charge in [-0.3, -0.25) is 4.79 Å². The van der Waals surface area contributed by atoms with Crippen molar-refractivity contribution < 1.29 is 27.1 Å². The molecule has 10 nitrogen and oxygen atoms in total. The largest absolute Gasteiger partial charge is 0.480 e. The van der Waals surface area contributed by atoms with E-state index in [-0.39, 0.29) is 48.9 Å². The first-order chi connectivity index (χ1) is 21.7. The summed E-state index contributed by atoms with van der Waals surface area (Å²) < 4.78 is 62.9. The molecule has 45 heavy (non-hydrogen) atoms. The molecule has 4 aromatic rings. The van der Waals surface area contributed by atoms with Crippen LogP contribution in [0.5, 0.6) is 5.88 Å². The summed E-state index contributed by atoms with van der Waals surface area (Å²) in [5.41, 5.74) is 1.24. The molecule has 0 unspecified atom stereocenters. The van der Waals surface area contributed by atoms with Gasteiger partial charge < -0.3 is 19.1 Å². The number of alkyl halides is 3. The van der Waals surface area contributed by atoms with Crippen LogP contribution in [0.1, 0.15) is 54.6 Å². The third kappa shape index (κ3) is 5.38. The van der Waals surface area contributed by atoms with Crippen LogP contribution in [0.4, 0.5) is 29.1 Å². The van der Waals surface area contributed by atoms with E-state index in [9.17, 15) is 18.0 Å². The van der Waals surface area contributed by atoms with Crippen LogP contribution in [-0.4, -0.2) is 55.6 Å². The number of ether oxygens (including phenoxy) is 1. The van der Waals surface area contributed by atoms with Crippen LogP contribution in [0.2, 0.25) is 0 Å². The van der Waals surface area contributed by atoms with Gasteiger partial charge in [-0.15, -0.1) is 6.58 Å². The number of rotatable bonds is 9. The highest BCUT2D eigenvalue weighted by Gasteiger charge is 2.38. The number of benzene rings is 1. The lowest BCUT2D eigenvalue weighted by atomic mass is 10.1. The average molecular weight is 621 g/mol. The van der Waals surface area contributed by atoms with E-state index in [1.165, 1.54) is 35.0 Å². The van der Waals surface area contributed by atoms with Gasteiger partial charge in [-0.25, -0.2) is 29.3 Å². The van der Waals surface area contributed by atoms with Crippen molar-refractivity contribution in [2.75, 3.05) is 30.0 Å². The normalized spacial score (nSPS) is 16.6. The van der Waals surface area contributed by atoms with Gasteiger partial charge >= 0.3 is 6.18 Å². The Morgan fingerprint density at radius 2 is 1.91 bits per heavy atom. The van der Waals surface area contributed by atoms with Crippen LogP contribution >= 0.6 is 0 Å². The summed E-state index contributed by atoms with van der Waals surface area (Å²) in [5.74, 6) is 0.364. The highest BCUT2D eigenvalue weighted by Crippen LogP contribution is 2.46. The number of fused-ring (bicyclic) bond motifs is 1. The van der Waals surface area contributed by atoms with Crippen molar-refractivity contribution in [1.82, 2.24) is 29.5 Å². The lowest BCUT2D eigenvalue weighted by Crippen LogP contribution is -2.46. The molecule has 0 atom stereocenters. The molecular formula is C31H28F4N8O2. The average Bonchev–Trinajstić information content (AvgIpc) is 3.96. The molecule has 2 saturated carbocycles. The summed E-state index contributed by atoms with van der Waals surface area (Å²) in [6.07, 6.45) is 4.29. The van der Waals surface area contributed by atoms with Crippen molar-refractivity contribution in [3.05, 3.63) is 72.3 Å². The summed E-state index contributed by atoms with van der Waals surface area (Å²) >= 11 is 0. The number of nitrogens with zero attached hydrogens (tertiary/aromatic N) is 8. The van der Waals surface area contributed by atoms with E-state index in [0.29, 0.717) is 47.2 Å². The van der Waals surface area contributed by atoms with E-state index in [0.717, 1.165) is 24.7 Å². The quantitative estimate of drug-likeness (QED) is 0.173. The summed E-state index contributed by atoms with van der Waals surface area (Å²) in [4.78, 5) is 38.4. The number of hydrogen-bond donors (Lipinski definition) is 0. The Morgan fingerprint density at radius 1 is 1.11 bits per heavy atom. The maximum absolute atomic E-state index is 15.6. The first kappa shape index (κ1) is 28.9. The lowest BCUT2D eigenvalue weighted by molar-refractivity contribution is -0.140. The number of carbonyl (C=O) groups is 1. The summed E-state index contributed by atoms with van der Waals surface area (Å²) in [6.45, 7) is 4.04. The van der Waals surface area contributed by atoms with E-state index in [4.69, 9.17) is 9.72 Å². The predicted octanol–water partition coefficient (Wildman–Crippen LogP) is 5.72. The van der Waals surface area contributed by atoms with Gasteiger partial charge in [-0.1, -0.05) is 12.1 Å². The number of hydrogen-bond acceptors (Lipinski definition) is 8. The molecule has 0 bridgehead atoms. The van der Waals surface area contributed by atoms with Gasteiger partial charge in [-0.2, -0.15) is 13.2 Å². The zero-order valence-electron chi connectivity index (χ0n) is 24.3. The van der Waals surface area contributed by atoms with Crippen molar-refractivity contribution in [2.45, 2.75) is 50.4 Å². The molecule has 2 fully saturated rings. The Bertz CT molecular complexity index is 1820. The predicted molar refractivity (Wildman–Crippen MR) is 156 cm³/mol. The Kier molecular flexibility index (Phi) is 7.01. The third-order valence-electron chi connectivity index (χ3n) is 8.11. The molecule has 0 N–H and O–H groups in total. The van der Waals surface area contributed by atoms with Crippen molar-refractivity contribution >= 4 is 17.4 Å². The highest BCUT2D eigenvalue weighted by atomic mass is 19.4. The fourth-order valence-corrected chi connectivity index (χ4v) is 5.66. The second-order valence-electron chi connectivity index (χ2n) is 11.4. The van der Waals surface area contributed by atoms with Crippen LogP contribution in [0.15, 0.2) is 49.6 Å². The van der Waals surface area contributed by atoms with E-state index >= 15 is 4.39 Å². The van der Waals surface area contributed by atoms with E-state index < -0.39 is 17.7 Å². The number of carbonyl (C=O) groups excluding carboxylic acids is 1. The van der Waals surface area contributed by atoms with Crippen LogP contribution in [-0.2, 0) is 17.5 Å². The standard InChI is InChI=1S/C31H28F4N8O2/c1-3-10-42-22-12-36-27(25-26(18-5-6-18)37-16-38-30(25)45-2)40-29(22)41(15-24(42)44)13-17-4-9-20(21(32)11-17)28-39-23(31(33,34)35)14-43(28)19-7-8-19/h3-4,9,11-12,14,16,18-19H,1,5-8,10,13,15H2,2H3. The van der Waals surface area contributed by atoms with Gasteiger partial charge in [0.1, 0.15) is 29.2 Å². The minimum atomic E-state index is -4.64. The van der Waals surface area contributed by atoms with E-state index in [1.807, 2.05) is 0 Å². The molecule has 232 valence electrons. The van der Waals surface area contributed by atoms with Crippen molar-refractivity contribution in [1.29, 1.82) is 0 Å². The minimum Gasteiger partial charge on any atom is -0.480 e. The highest BCUT2D eigenvalue weighted by molar-refractivity contribution is 6.02. The number of aromatic nitrogens is 6. The number of amides is 1. The molecule has 1 aliphatic heterocycles. The molecule has 3 aliphatic rings. The van der Waals surface area contributed by atoms with Crippen LogP contribution in [0.3, 0.4) is 0 Å². The summed E-state index contributed by atoms with van der Waals surface area (Å²) in [7, 11) is 1.51. The molecule has 3 aromatic heterocycles. The number of methoxy groups -OCH3 is 1. The molecule has 4 heterocycles. The van der Waals surface area contributed by atoms with Crippen LogP contribution in [0.25, 0.3) is 22.8 Å². The van der Waals surface area contributed by atoms with Gasteiger partial charge in [-0.05, 0) is 43.4 Å². The molecule has 1 aromatic carbocycles. The van der Waals surface area contributed by atoms with Crippen molar-refractivity contribution in [2.24, 2.45) is 0 Å². The first-order valence-electron chi connectivity index (χ1n) is 14.5. The van der Waals surface area contributed by atoms with Gasteiger partial charge in [0.15, 0.2) is 17.3 Å². The molecule has 0 radical (unpaired) electrons. The Morgan fingerprint density at radius 3 is 2.58 bits per heavy atom. The molecule has 0 saturated heterocycles. The van der Waals surface area contributed by atoms with Gasteiger partial charge in [0.05, 0.1) is 31.1 Å². The number of halogens is 4. The smallest absolute Gasteiger partial charge is 0.434 e. The Labute approximate surface area is 255 Å². The molecule has 14 heteroatoms. The summed E-state index contributed by atoms with van der Waals surface area (Å²) in [5, 5.41) is 0. The monoisotopic (exact) mass is 620 g/mol. The fourth-order valence-electron chi connectivity index (χ4n) is 5.66. The lowest BCUT2D eigenvalue weighted by Gasteiger charge is -2.35. The van der Waals surface area contributed by atoms with Crippen LogP contribution in [0, 0.1) is 5.82 Å². The second kappa shape index (κ2) is 10.9. The molecule has 2 aliphatic carbocycles. The zero-order chi connectivity index (χ0) is 31.5.